The van der Waals surface area contributed by atoms with Crippen molar-refractivity contribution in [3.63, 3.8) is 0 Å². The van der Waals surface area contributed by atoms with Crippen molar-refractivity contribution in [2.45, 2.75) is 12.5 Å². The number of urea groups is 1. The number of rotatable bonds is 4. The lowest BCUT2D eigenvalue weighted by molar-refractivity contribution is -0.155. The summed E-state index contributed by atoms with van der Waals surface area (Å²) >= 11 is 0. The third-order valence-electron chi connectivity index (χ3n) is 2.59. The van der Waals surface area contributed by atoms with Gasteiger partial charge in [0.1, 0.15) is 5.75 Å². The quantitative estimate of drug-likeness (QED) is 0.630. The summed E-state index contributed by atoms with van der Waals surface area (Å²) in [4.78, 5) is 23.6. The zero-order valence-corrected chi connectivity index (χ0v) is 10.6. The fourth-order valence-electron chi connectivity index (χ4n) is 1.24. The Bertz CT molecular complexity index is 470. The molecule has 2 amide bonds. The zero-order valence-electron chi connectivity index (χ0n) is 10.6. The van der Waals surface area contributed by atoms with E-state index in [0.717, 1.165) is 6.92 Å². The van der Waals surface area contributed by atoms with Crippen molar-refractivity contribution < 1.29 is 24.9 Å². The van der Waals surface area contributed by atoms with Crippen LogP contribution in [0.3, 0.4) is 0 Å². The van der Waals surface area contributed by atoms with Gasteiger partial charge in [-0.25, -0.2) is 9.59 Å². The summed E-state index contributed by atoms with van der Waals surface area (Å²) in [5, 5.41) is 29.6. The number of hydrogen-bond donors (Lipinski definition) is 4. The molecule has 1 atom stereocenters. The number of carbonyl (C=O) groups excluding carboxylic acids is 1. The molecular formula is C12H16N2O5. The largest absolute Gasteiger partial charge is 0.508 e. The molecule has 0 saturated heterocycles. The second-order valence-electron chi connectivity index (χ2n) is 4.31. The number of carbonyl (C=O) groups is 2. The van der Waals surface area contributed by atoms with Crippen molar-refractivity contribution in [3.05, 3.63) is 24.3 Å². The van der Waals surface area contributed by atoms with Crippen LogP contribution < -0.4 is 10.2 Å². The first-order valence-corrected chi connectivity index (χ1v) is 5.50. The molecule has 104 valence electrons. The molecule has 1 aromatic rings. The van der Waals surface area contributed by atoms with E-state index < -0.39 is 24.1 Å². The Morgan fingerprint density at radius 1 is 1.32 bits per heavy atom. The number of anilines is 1. The highest BCUT2D eigenvalue weighted by molar-refractivity contribution is 5.92. The maximum absolute atomic E-state index is 11.7. The molecule has 0 radical (unpaired) electrons. The predicted octanol–water partition coefficient (Wildman–Crippen LogP) is 0.374. The number of aromatic hydroxyl groups is 1. The molecule has 0 aliphatic carbocycles. The van der Waals surface area contributed by atoms with Gasteiger partial charge in [-0.15, -0.1) is 0 Å². The van der Waals surface area contributed by atoms with Gasteiger partial charge in [-0.2, -0.15) is 0 Å². The van der Waals surface area contributed by atoms with Crippen molar-refractivity contribution in [1.29, 1.82) is 0 Å². The normalized spacial score (nSPS) is 13.4. The van der Waals surface area contributed by atoms with Crippen LogP contribution in [0.15, 0.2) is 24.3 Å². The lowest BCUT2D eigenvalue weighted by Gasteiger charge is -2.22. The molecule has 0 aliphatic rings. The minimum Gasteiger partial charge on any atom is -0.508 e. The summed E-state index contributed by atoms with van der Waals surface area (Å²) in [7, 11) is 1.48. The molecule has 7 heteroatoms. The van der Waals surface area contributed by atoms with Crippen molar-refractivity contribution in [2.75, 3.05) is 18.5 Å². The first-order valence-electron chi connectivity index (χ1n) is 5.50. The molecule has 0 heterocycles. The van der Waals surface area contributed by atoms with E-state index in [0.29, 0.717) is 5.69 Å². The fraction of sp³-hybridized carbons (Fsp3) is 0.333. The van der Waals surface area contributed by atoms with Crippen LogP contribution in [0.5, 0.6) is 5.75 Å². The number of nitrogens with zero attached hydrogens (tertiary/aromatic N) is 1. The lowest BCUT2D eigenvalue weighted by Crippen LogP contribution is -2.49. The first kappa shape index (κ1) is 14.8. The van der Waals surface area contributed by atoms with Crippen LogP contribution in [0.25, 0.3) is 0 Å². The highest BCUT2D eigenvalue weighted by atomic mass is 16.4. The van der Waals surface area contributed by atoms with Gasteiger partial charge in [0.05, 0.1) is 6.54 Å². The van der Waals surface area contributed by atoms with Crippen LogP contribution in [-0.2, 0) is 4.79 Å². The van der Waals surface area contributed by atoms with Crippen LogP contribution in [-0.4, -0.2) is 46.5 Å². The minimum absolute atomic E-state index is 0.0753. The number of phenolic OH excluding ortho intramolecular Hbond substituents is 1. The number of aliphatic carboxylic acids is 1. The van der Waals surface area contributed by atoms with Gasteiger partial charge in [0.25, 0.3) is 0 Å². The number of carboxylic acid groups (broad SMARTS) is 1. The predicted molar refractivity (Wildman–Crippen MR) is 68.2 cm³/mol. The summed E-state index contributed by atoms with van der Waals surface area (Å²) in [6, 6.07) is 5.35. The summed E-state index contributed by atoms with van der Waals surface area (Å²) in [6.07, 6.45) is 0. The second-order valence-corrected chi connectivity index (χ2v) is 4.31. The molecule has 7 nitrogen and oxygen atoms in total. The average Bonchev–Trinajstić information content (AvgIpc) is 2.36. The van der Waals surface area contributed by atoms with Crippen molar-refractivity contribution >= 4 is 17.7 Å². The number of aliphatic hydroxyl groups is 1. The SMILES string of the molecule is CN(C(=O)NCC(C)(O)C(=O)O)c1ccc(O)cc1. The lowest BCUT2D eigenvalue weighted by atomic mass is 10.1. The first-order chi connectivity index (χ1) is 8.74. The van der Waals surface area contributed by atoms with Gasteiger partial charge in [0.2, 0.25) is 0 Å². The van der Waals surface area contributed by atoms with Crippen LogP contribution in [0, 0.1) is 0 Å². The third kappa shape index (κ3) is 3.85. The number of phenols is 1. The Hall–Kier alpha value is -2.28. The number of hydrogen-bond acceptors (Lipinski definition) is 4. The van der Waals surface area contributed by atoms with Gasteiger partial charge in [0.15, 0.2) is 5.60 Å². The van der Waals surface area contributed by atoms with Gasteiger partial charge in [0, 0.05) is 12.7 Å². The molecule has 0 spiro atoms. The summed E-state index contributed by atoms with van der Waals surface area (Å²) in [6.45, 7) is 0.680. The highest BCUT2D eigenvalue weighted by Gasteiger charge is 2.30. The molecule has 19 heavy (non-hydrogen) atoms. The molecular weight excluding hydrogens is 252 g/mol. The molecule has 0 aromatic heterocycles. The van der Waals surface area contributed by atoms with Crippen LogP contribution in [0.4, 0.5) is 10.5 Å². The molecule has 4 N–H and O–H groups in total. The number of amides is 2. The smallest absolute Gasteiger partial charge is 0.337 e. The maximum Gasteiger partial charge on any atom is 0.337 e. The van der Waals surface area contributed by atoms with Crippen molar-refractivity contribution in [1.82, 2.24) is 5.32 Å². The van der Waals surface area contributed by atoms with Gasteiger partial charge in [-0.3, -0.25) is 4.90 Å². The Labute approximate surface area is 110 Å². The Morgan fingerprint density at radius 2 is 1.84 bits per heavy atom. The van der Waals surface area contributed by atoms with E-state index in [1.54, 1.807) is 0 Å². The molecule has 1 aromatic carbocycles. The van der Waals surface area contributed by atoms with Gasteiger partial charge in [-0.1, -0.05) is 0 Å². The molecule has 0 aliphatic heterocycles. The van der Waals surface area contributed by atoms with E-state index in [2.05, 4.69) is 5.32 Å². The zero-order chi connectivity index (χ0) is 14.6. The minimum atomic E-state index is -2.02. The molecule has 0 fully saturated rings. The van der Waals surface area contributed by atoms with E-state index in [9.17, 15) is 14.7 Å². The van der Waals surface area contributed by atoms with Gasteiger partial charge in [-0.05, 0) is 31.2 Å². The topological polar surface area (TPSA) is 110 Å². The van der Waals surface area contributed by atoms with Crippen molar-refractivity contribution in [3.8, 4) is 5.75 Å². The van der Waals surface area contributed by atoms with Crippen LogP contribution in [0.1, 0.15) is 6.92 Å². The summed E-state index contributed by atoms with van der Waals surface area (Å²) in [5.41, 5.74) is -1.50. The van der Waals surface area contributed by atoms with E-state index >= 15 is 0 Å². The summed E-state index contributed by atoms with van der Waals surface area (Å²) < 4.78 is 0. The Kier molecular flexibility index (Phi) is 4.34. The second kappa shape index (κ2) is 5.57. The average molecular weight is 268 g/mol. The Balaban J connectivity index is 2.63. The van der Waals surface area contributed by atoms with Crippen LogP contribution in [0.2, 0.25) is 0 Å². The van der Waals surface area contributed by atoms with E-state index in [4.69, 9.17) is 10.2 Å². The summed E-state index contributed by atoms with van der Waals surface area (Å²) in [5.74, 6) is -1.34. The number of benzene rings is 1. The van der Waals surface area contributed by atoms with Crippen LogP contribution >= 0.6 is 0 Å². The molecule has 1 rings (SSSR count). The maximum atomic E-state index is 11.7. The van der Waals surface area contributed by atoms with E-state index in [1.165, 1.54) is 36.2 Å². The van der Waals surface area contributed by atoms with Gasteiger partial charge < -0.3 is 20.6 Å². The number of nitrogens with one attached hydrogen (secondary N) is 1. The Morgan fingerprint density at radius 3 is 2.32 bits per heavy atom. The van der Waals surface area contributed by atoms with E-state index in [-0.39, 0.29) is 5.75 Å². The third-order valence-corrected chi connectivity index (χ3v) is 2.59. The molecule has 0 bridgehead atoms. The highest BCUT2D eigenvalue weighted by Crippen LogP contribution is 2.17. The monoisotopic (exact) mass is 268 g/mol. The number of carboxylic acids is 1. The molecule has 1 unspecified atom stereocenters. The standard InChI is InChI=1S/C12H16N2O5/c1-12(19,10(16)17)7-13-11(18)14(2)8-3-5-9(15)6-4-8/h3-6,15,19H,7H2,1-2H3,(H,13,18)(H,16,17). The molecule has 0 saturated carbocycles. The van der Waals surface area contributed by atoms with E-state index in [1.807, 2.05) is 0 Å². The van der Waals surface area contributed by atoms with Crippen molar-refractivity contribution in [2.24, 2.45) is 0 Å². The fourth-order valence-corrected chi connectivity index (χ4v) is 1.24. The van der Waals surface area contributed by atoms with Gasteiger partial charge >= 0.3 is 12.0 Å².